The molecule has 0 spiro atoms. The Morgan fingerprint density at radius 2 is 1.84 bits per heavy atom. The SMILES string of the molecule is COc1cc(C(C)C)c(C(F)(F)C(F)(F)F)cc1C(=O)Nc1cccc2c1CCN(C)C2. The maximum Gasteiger partial charge on any atom is 0.458 e. The number of hydrogen-bond acceptors (Lipinski definition) is 3. The van der Waals surface area contributed by atoms with Crippen LogP contribution >= 0.6 is 0 Å². The Morgan fingerprint density at radius 1 is 1.16 bits per heavy atom. The molecule has 9 heteroatoms. The molecule has 2 aromatic carbocycles. The minimum Gasteiger partial charge on any atom is -0.496 e. The van der Waals surface area contributed by atoms with Gasteiger partial charge in [-0.1, -0.05) is 26.0 Å². The molecule has 0 bridgehead atoms. The van der Waals surface area contributed by atoms with E-state index in [0.717, 1.165) is 23.7 Å². The summed E-state index contributed by atoms with van der Waals surface area (Å²) in [5.41, 5.74) is 0.560. The van der Waals surface area contributed by atoms with E-state index in [4.69, 9.17) is 4.74 Å². The minimum absolute atomic E-state index is 0.0718. The van der Waals surface area contributed by atoms with Gasteiger partial charge in [-0.05, 0) is 54.3 Å². The molecule has 0 atom stereocenters. The minimum atomic E-state index is -5.80. The molecule has 0 aromatic heterocycles. The van der Waals surface area contributed by atoms with Crippen molar-refractivity contribution in [1.82, 2.24) is 4.90 Å². The van der Waals surface area contributed by atoms with Crippen molar-refractivity contribution in [3.8, 4) is 5.75 Å². The predicted octanol–water partition coefficient (Wildman–Crippen LogP) is 5.71. The third-order valence-electron chi connectivity index (χ3n) is 5.64. The summed E-state index contributed by atoms with van der Waals surface area (Å²) in [5.74, 6) is -6.66. The summed E-state index contributed by atoms with van der Waals surface area (Å²) in [6, 6.07) is 7.06. The third-order valence-corrected chi connectivity index (χ3v) is 5.64. The highest BCUT2D eigenvalue weighted by atomic mass is 19.4. The molecule has 3 rings (SSSR count). The van der Waals surface area contributed by atoms with Crippen molar-refractivity contribution in [3.05, 3.63) is 58.1 Å². The first-order valence-corrected chi connectivity index (χ1v) is 10.1. The second kappa shape index (κ2) is 8.69. The zero-order valence-electron chi connectivity index (χ0n) is 18.2. The maximum atomic E-state index is 14.3. The fourth-order valence-corrected chi connectivity index (χ4v) is 3.90. The number of carbonyl (C=O) groups is 1. The molecule has 0 aliphatic carbocycles. The number of amides is 1. The molecule has 1 aliphatic heterocycles. The van der Waals surface area contributed by atoms with E-state index in [1.807, 2.05) is 13.1 Å². The summed E-state index contributed by atoms with van der Waals surface area (Å²) >= 11 is 0. The number of alkyl halides is 5. The van der Waals surface area contributed by atoms with Gasteiger partial charge in [-0.25, -0.2) is 0 Å². The van der Waals surface area contributed by atoms with E-state index in [9.17, 15) is 26.7 Å². The standard InChI is InChI=1S/C23H25F5N2O2/c1-13(2)16-11-20(32-4)17(10-18(16)22(24,25)23(26,27)28)21(31)29-19-7-5-6-14-12-30(3)9-8-15(14)19/h5-7,10-11,13H,8-9,12H2,1-4H3,(H,29,31). The second-order valence-electron chi connectivity index (χ2n) is 8.25. The van der Waals surface area contributed by atoms with Crippen molar-refractivity contribution >= 4 is 11.6 Å². The van der Waals surface area contributed by atoms with Crippen LogP contribution in [0.3, 0.4) is 0 Å². The normalized spacial score (nSPS) is 14.9. The van der Waals surface area contributed by atoms with E-state index in [-0.39, 0.29) is 16.9 Å². The van der Waals surface area contributed by atoms with Gasteiger partial charge < -0.3 is 15.0 Å². The molecular weight excluding hydrogens is 431 g/mol. The lowest BCUT2D eigenvalue weighted by molar-refractivity contribution is -0.289. The van der Waals surface area contributed by atoms with Crippen molar-refractivity contribution in [1.29, 1.82) is 0 Å². The van der Waals surface area contributed by atoms with E-state index in [1.165, 1.54) is 21.0 Å². The Labute approximate surface area is 183 Å². The molecule has 0 unspecified atom stereocenters. The number of rotatable bonds is 5. The number of likely N-dealkylation sites (N-methyl/N-ethyl adjacent to an activating group) is 1. The summed E-state index contributed by atoms with van der Waals surface area (Å²) in [4.78, 5) is 15.1. The van der Waals surface area contributed by atoms with Gasteiger partial charge in [-0.3, -0.25) is 4.79 Å². The highest BCUT2D eigenvalue weighted by molar-refractivity contribution is 6.07. The maximum absolute atomic E-state index is 14.3. The third kappa shape index (κ3) is 4.44. The Balaban J connectivity index is 2.07. The Hall–Kier alpha value is -2.68. The molecule has 0 radical (unpaired) electrons. The first-order valence-electron chi connectivity index (χ1n) is 10.1. The number of nitrogens with zero attached hydrogens (tertiary/aromatic N) is 1. The molecule has 32 heavy (non-hydrogen) atoms. The van der Waals surface area contributed by atoms with Crippen molar-refractivity contribution in [2.24, 2.45) is 0 Å². The first-order chi connectivity index (χ1) is 14.9. The largest absolute Gasteiger partial charge is 0.496 e. The van der Waals surface area contributed by atoms with Gasteiger partial charge in [0.05, 0.1) is 12.7 Å². The van der Waals surface area contributed by atoms with Gasteiger partial charge in [-0.2, -0.15) is 22.0 Å². The number of hydrogen-bond donors (Lipinski definition) is 1. The Kier molecular flexibility index (Phi) is 6.51. The number of ether oxygens (including phenoxy) is 1. The Bertz CT molecular complexity index is 1020. The van der Waals surface area contributed by atoms with E-state index >= 15 is 0 Å². The zero-order chi connectivity index (χ0) is 23.8. The van der Waals surface area contributed by atoms with Gasteiger partial charge in [0.1, 0.15) is 5.75 Å². The number of benzene rings is 2. The van der Waals surface area contributed by atoms with E-state index in [0.29, 0.717) is 24.7 Å². The van der Waals surface area contributed by atoms with Crippen molar-refractivity contribution < 1.29 is 31.5 Å². The van der Waals surface area contributed by atoms with Gasteiger partial charge >= 0.3 is 12.1 Å². The van der Waals surface area contributed by atoms with Crippen LogP contribution in [0, 0.1) is 0 Å². The number of nitrogens with one attached hydrogen (secondary N) is 1. The number of anilines is 1. The summed E-state index contributed by atoms with van der Waals surface area (Å²) in [7, 11) is 3.20. The number of carbonyl (C=O) groups excluding carboxylic acids is 1. The summed E-state index contributed by atoms with van der Waals surface area (Å²) in [6.07, 6.45) is -5.13. The first kappa shape index (κ1) is 24.0. The van der Waals surface area contributed by atoms with Crippen LogP contribution in [0.2, 0.25) is 0 Å². The number of methoxy groups -OCH3 is 1. The van der Waals surface area contributed by atoms with Crippen LogP contribution < -0.4 is 10.1 Å². The van der Waals surface area contributed by atoms with Crippen LogP contribution in [0.25, 0.3) is 0 Å². The summed E-state index contributed by atoms with van der Waals surface area (Å²) in [6.45, 7) is 4.46. The average molecular weight is 456 g/mol. The lowest BCUT2D eigenvalue weighted by Gasteiger charge is -2.27. The van der Waals surface area contributed by atoms with E-state index in [2.05, 4.69) is 10.2 Å². The van der Waals surface area contributed by atoms with Crippen LogP contribution in [-0.2, 0) is 18.9 Å². The molecule has 0 fully saturated rings. The molecule has 4 nitrogen and oxygen atoms in total. The van der Waals surface area contributed by atoms with Crippen LogP contribution in [-0.4, -0.2) is 37.7 Å². The summed E-state index contributed by atoms with van der Waals surface area (Å²) < 4.78 is 73.4. The molecule has 174 valence electrons. The molecule has 1 amide bonds. The quantitative estimate of drug-likeness (QED) is 0.586. The molecule has 0 saturated heterocycles. The number of fused-ring (bicyclic) bond motifs is 1. The van der Waals surface area contributed by atoms with Gasteiger partial charge in [0.25, 0.3) is 5.91 Å². The molecule has 0 saturated carbocycles. The summed E-state index contributed by atoms with van der Waals surface area (Å²) in [5, 5.41) is 2.68. The lowest BCUT2D eigenvalue weighted by Crippen LogP contribution is -2.35. The van der Waals surface area contributed by atoms with Gasteiger partial charge in [0, 0.05) is 24.3 Å². The highest BCUT2D eigenvalue weighted by Gasteiger charge is 2.59. The van der Waals surface area contributed by atoms with Crippen LogP contribution in [0.1, 0.15) is 52.4 Å². The smallest absolute Gasteiger partial charge is 0.458 e. The van der Waals surface area contributed by atoms with Crippen LogP contribution in [0.5, 0.6) is 5.75 Å². The fraction of sp³-hybridized carbons (Fsp3) is 0.435. The van der Waals surface area contributed by atoms with E-state index in [1.54, 1.807) is 12.1 Å². The van der Waals surface area contributed by atoms with Crippen molar-refractivity contribution in [2.75, 3.05) is 26.0 Å². The molecule has 1 heterocycles. The monoisotopic (exact) mass is 456 g/mol. The lowest BCUT2D eigenvalue weighted by atomic mass is 9.90. The molecule has 1 N–H and O–H groups in total. The van der Waals surface area contributed by atoms with Gasteiger partial charge in [-0.15, -0.1) is 0 Å². The van der Waals surface area contributed by atoms with Crippen LogP contribution in [0.15, 0.2) is 30.3 Å². The van der Waals surface area contributed by atoms with Gasteiger partial charge in [0.15, 0.2) is 0 Å². The molecule has 2 aromatic rings. The van der Waals surface area contributed by atoms with Crippen LogP contribution in [0.4, 0.5) is 27.6 Å². The second-order valence-corrected chi connectivity index (χ2v) is 8.25. The number of halogens is 5. The fourth-order valence-electron chi connectivity index (χ4n) is 3.90. The molecule has 1 aliphatic rings. The van der Waals surface area contributed by atoms with Crippen molar-refractivity contribution in [3.63, 3.8) is 0 Å². The highest BCUT2D eigenvalue weighted by Crippen LogP contribution is 2.47. The topological polar surface area (TPSA) is 41.6 Å². The predicted molar refractivity (Wildman–Crippen MR) is 111 cm³/mol. The molecular formula is C23H25F5N2O2. The zero-order valence-corrected chi connectivity index (χ0v) is 18.2. The Morgan fingerprint density at radius 3 is 2.44 bits per heavy atom. The average Bonchev–Trinajstić information content (AvgIpc) is 2.71. The van der Waals surface area contributed by atoms with E-state index < -0.39 is 29.5 Å². The van der Waals surface area contributed by atoms with Crippen molar-refractivity contribution in [2.45, 2.75) is 44.8 Å². The van der Waals surface area contributed by atoms with Gasteiger partial charge in [0.2, 0.25) is 0 Å².